The number of hydrogen-bond donors (Lipinski definition) is 0. The Bertz CT molecular complexity index is 980. The van der Waals surface area contributed by atoms with Gasteiger partial charge in [-0.1, -0.05) is 18.2 Å². The number of anilines is 2. The Labute approximate surface area is 153 Å². The van der Waals surface area contributed by atoms with Gasteiger partial charge in [0, 0.05) is 18.8 Å². The van der Waals surface area contributed by atoms with Gasteiger partial charge in [0.05, 0.1) is 29.1 Å². The number of aryl methyl sites for hydroxylation is 1. The second-order valence-electron chi connectivity index (χ2n) is 6.44. The zero-order valence-corrected chi connectivity index (χ0v) is 14.4. The summed E-state index contributed by atoms with van der Waals surface area (Å²) in [5.74, 6) is -0.541. The zero-order valence-electron chi connectivity index (χ0n) is 14.4. The van der Waals surface area contributed by atoms with Crippen molar-refractivity contribution < 1.29 is 17.6 Å². The van der Waals surface area contributed by atoms with Gasteiger partial charge in [-0.2, -0.15) is 13.2 Å². The summed E-state index contributed by atoms with van der Waals surface area (Å²) in [5, 5.41) is 2.59. The van der Waals surface area contributed by atoms with E-state index in [-0.39, 0.29) is 12.2 Å². The molecule has 0 fully saturated rings. The average Bonchev–Trinajstić information content (AvgIpc) is 3.16. The summed E-state index contributed by atoms with van der Waals surface area (Å²) in [5.41, 5.74) is 2.74. The van der Waals surface area contributed by atoms with Crippen molar-refractivity contribution in [1.29, 1.82) is 0 Å². The van der Waals surface area contributed by atoms with Crippen molar-refractivity contribution in [2.75, 3.05) is 11.6 Å². The highest BCUT2D eigenvalue weighted by Crippen LogP contribution is 2.39. The number of aromatic nitrogens is 2. The molecule has 0 N–H and O–H groups in total. The number of alkyl halides is 3. The quantitative estimate of drug-likeness (QED) is 0.617. The number of para-hydroxylation sites is 1. The van der Waals surface area contributed by atoms with Gasteiger partial charge in [0.25, 0.3) is 0 Å². The molecule has 1 aromatic heterocycles. The Hall–Kier alpha value is -2.87. The van der Waals surface area contributed by atoms with Crippen LogP contribution in [0.1, 0.15) is 11.3 Å². The van der Waals surface area contributed by atoms with E-state index in [1.54, 1.807) is 54.1 Å². The van der Waals surface area contributed by atoms with Crippen LogP contribution in [0.4, 0.5) is 28.9 Å². The molecule has 0 bridgehead atoms. The fraction of sp³-hybridized carbons (Fsp3) is 0.211. The summed E-state index contributed by atoms with van der Waals surface area (Å²) >= 11 is 0. The number of hydrogen-bond acceptors (Lipinski definition) is 3. The molecular weight excluding hydrogens is 360 g/mol. The molecule has 0 saturated carbocycles. The smallest absolute Gasteiger partial charge is 0.303 e. The summed E-state index contributed by atoms with van der Waals surface area (Å²) in [6.45, 7) is 0.782. The van der Waals surface area contributed by atoms with E-state index in [4.69, 9.17) is 0 Å². The van der Waals surface area contributed by atoms with Crippen LogP contribution < -0.4 is 5.01 Å². The maximum Gasteiger partial charge on any atom is 0.403 e. The molecule has 140 valence electrons. The summed E-state index contributed by atoms with van der Waals surface area (Å²) in [6.07, 6.45) is -1.19. The minimum Gasteiger partial charge on any atom is -0.303 e. The van der Waals surface area contributed by atoms with Gasteiger partial charge in [0.1, 0.15) is 12.4 Å². The zero-order chi connectivity index (χ0) is 19.2. The third kappa shape index (κ3) is 3.40. The summed E-state index contributed by atoms with van der Waals surface area (Å²) in [4.78, 5) is 4.07. The minimum absolute atomic E-state index is 0.111. The summed E-state index contributed by atoms with van der Waals surface area (Å²) in [7, 11) is 0. The Balaban J connectivity index is 1.74. The molecule has 0 saturated heterocycles. The Kier molecular flexibility index (Phi) is 4.15. The molecule has 8 heteroatoms. The van der Waals surface area contributed by atoms with Crippen molar-refractivity contribution in [1.82, 2.24) is 14.6 Å². The molecule has 0 aliphatic carbocycles. The first kappa shape index (κ1) is 17.5. The first-order chi connectivity index (χ1) is 12.8. The first-order valence-electron chi connectivity index (χ1n) is 8.32. The molecule has 27 heavy (non-hydrogen) atoms. The van der Waals surface area contributed by atoms with Gasteiger partial charge in [-0.05, 0) is 30.7 Å². The lowest BCUT2D eigenvalue weighted by Gasteiger charge is -2.31. The predicted octanol–water partition coefficient (Wildman–Crippen LogP) is 4.75. The van der Waals surface area contributed by atoms with Crippen LogP contribution in [0.15, 0.2) is 55.0 Å². The lowest BCUT2D eigenvalue weighted by molar-refractivity contribution is -0.146. The molecule has 0 unspecified atom stereocenters. The van der Waals surface area contributed by atoms with E-state index >= 15 is 0 Å². The topological polar surface area (TPSA) is 24.3 Å². The number of halogens is 4. The number of fused-ring (bicyclic) bond motifs is 1. The van der Waals surface area contributed by atoms with Crippen LogP contribution >= 0.6 is 0 Å². The van der Waals surface area contributed by atoms with Crippen molar-refractivity contribution in [3.63, 3.8) is 0 Å². The molecule has 1 aliphatic rings. The van der Waals surface area contributed by atoms with Crippen LogP contribution in [0.2, 0.25) is 0 Å². The van der Waals surface area contributed by atoms with Gasteiger partial charge < -0.3 is 4.57 Å². The van der Waals surface area contributed by atoms with Crippen molar-refractivity contribution in [2.24, 2.45) is 0 Å². The van der Waals surface area contributed by atoms with Crippen LogP contribution in [-0.2, 0) is 6.54 Å². The molecule has 4 nitrogen and oxygen atoms in total. The maximum atomic E-state index is 14.7. The average molecular weight is 376 g/mol. The second kappa shape index (κ2) is 6.38. The number of nitrogens with zero attached hydrogens (tertiary/aromatic N) is 4. The first-order valence-corrected chi connectivity index (χ1v) is 8.32. The summed E-state index contributed by atoms with van der Waals surface area (Å²) in [6, 6.07) is 11.4. The van der Waals surface area contributed by atoms with Gasteiger partial charge in [-0.15, -0.1) is 0 Å². The summed E-state index contributed by atoms with van der Waals surface area (Å²) < 4.78 is 55.4. The second-order valence-corrected chi connectivity index (χ2v) is 6.44. The van der Waals surface area contributed by atoms with Crippen molar-refractivity contribution >= 4 is 11.4 Å². The third-order valence-corrected chi connectivity index (χ3v) is 4.38. The Morgan fingerprint density at radius 1 is 1.07 bits per heavy atom. The highest BCUT2D eigenvalue weighted by molar-refractivity contribution is 5.69. The minimum atomic E-state index is -4.37. The molecule has 2 aromatic carbocycles. The molecular formula is C19H16F4N4. The van der Waals surface area contributed by atoms with E-state index in [1.807, 2.05) is 0 Å². The largest absolute Gasteiger partial charge is 0.403 e. The normalized spacial score (nSPS) is 14.6. The highest BCUT2D eigenvalue weighted by atomic mass is 19.4. The van der Waals surface area contributed by atoms with E-state index in [1.165, 1.54) is 22.4 Å². The van der Waals surface area contributed by atoms with Gasteiger partial charge in [-0.25, -0.2) is 14.4 Å². The van der Waals surface area contributed by atoms with Gasteiger partial charge in [0.2, 0.25) is 0 Å². The molecule has 0 amide bonds. The van der Waals surface area contributed by atoms with Crippen LogP contribution in [-0.4, -0.2) is 27.3 Å². The van der Waals surface area contributed by atoms with Crippen LogP contribution in [0.3, 0.4) is 0 Å². The SMILES string of the molecule is Cc1cn(-c2ccc(N3c4ccccc4CN3CC(F)(F)F)cc2F)cn1. The lowest BCUT2D eigenvalue weighted by Crippen LogP contribution is -2.40. The van der Waals surface area contributed by atoms with E-state index in [2.05, 4.69) is 4.98 Å². The number of benzene rings is 2. The fourth-order valence-corrected chi connectivity index (χ4v) is 3.30. The van der Waals surface area contributed by atoms with E-state index in [0.29, 0.717) is 11.4 Å². The van der Waals surface area contributed by atoms with E-state index in [9.17, 15) is 17.6 Å². The van der Waals surface area contributed by atoms with Crippen molar-refractivity contribution in [3.8, 4) is 5.69 Å². The van der Waals surface area contributed by atoms with E-state index in [0.717, 1.165) is 11.3 Å². The molecule has 0 spiro atoms. The number of hydrazine groups is 1. The van der Waals surface area contributed by atoms with Gasteiger partial charge in [0.15, 0.2) is 0 Å². The highest BCUT2D eigenvalue weighted by Gasteiger charge is 2.38. The molecule has 3 aromatic rings. The van der Waals surface area contributed by atoms with Crippen molar-refractivity contribution in [2.45, 2.75) is 19.6 Å². The molecule has 0 atom stereocenters. The maximum absolute atomic E-state index is 14.7. The molecule has 0 radical (unpaired) electrons. The molecule has 1 aliphatic heterocycles. The van der Waals surface area contributed by atoms with Gasteiger partial charge in [-0.3, -0.25) is 5.01 Å². The van der Waals surface area contributed by atoms with Crippen LogP contribution in [0, 0.1) is 12.7 Å². The van der Waals surface area contributed by atoms with Crippen LogP contribution in [0.25, 0.3) is 5.69 Å². The van der Waals surface area contributed by atoms with E-state index < -0.39 is 18.5 Å². The molecule has 2 heterocycles. The number of imidazole rings is 1. The predicted molar refractivity (Wildman–Crippen MR) is 93.3 cm³/mol. The monoisotopic (exact) mass is 376 g/mol. The van der Waals surface area contributed by atoms with Crippen LogP contribution in [0.5, 0.6) is 0 Å². The standard InChI is InChI=1S/C19H16F4N4/c1-13-9-25(12-24-13)18-7-6-15(8-16(18)20)27-17-5-3-2-4-14(17)10-26(27)11-19(21,22)23/h2-9,12H,10-11H2,1H3. The number of rotatable bonds is 3. The lowest BCUT2D eigenvalue weighted by atomic mass is 10.2. The van der Waals surface area contributed by atoms with Crippen molar-refractivity contribution in [3.05, 3.63) is 72.1 Å². The fourth-order valence-electron chi connectivity index (χ4n) is 3.30. The molecule has 4 rings (SSSR count). The van der Waals surface area contributed by atoms with Gasteiger partial charge >= 0.3 is 6.18 Å². The third-order valence-electron chi connectivity index (χ3n) is 4.38. The Morgan fingerprint density at radius 3 is 2.52 bits per heavy atom. The Morgan fingerprint density at radius 2 is 1.85 bits per heavy atom.